The highest BCUT2D eigenvalue weighted by Gasteiger charge is 2.52. The normalized spacial score (nSPS) is 41.8. The Labute approximate surface area is 121 Å². The lowest BCUT2D eigenvalue weighted by Gasteiger charge is -2.56. The summed E-state index contributed by atoms with van der Waals surface area (Å²) < 4.78 is 19.7. The Bertz CT molecular complexity index is 365. The van der Waals surface area contributed by atoms with Gasteiger partial charge in [0.15, 0.2) is 0 Å². The van der Waals surface area contributed by atoms with Crippen LogP contribution in [-0.2, 0) is 9.53 Å². The van der Waals surface area contributed by atoms with Crippen molar-refractivity contribution < 1.29 is 13.9 Å². The standard InChI is InChI=1S/C17H27FO2/c1-11(2)16(3,18)15(19)20-10-17-7-12-4-13(8-17)6-14(5-12)9-17/h11-14H,4-10H2,1-3H3. The van der Waals surface area contributed by atoms with Crippen molar-refractivity contribution in [2.24, 2.45) is 29.1 Å². The molecule has 0 aromatic heterocycles. The van der Waals surface area contributed by atoms with Crippen molar-refractivity contribution in [2.45, 2.75) is 65.0 Å². The van der Waals surface area contributed by atoms with Crippen LogP contribution in [0, 0.1) is 29.1 Å². The van der Waals surface area contributed by atoms with E-state index < -0.39 is 11.6 Å². The van der Waals surface area contributed by atoms with Crippen LogP contribution in [-0.4, -0.2) is 18.2 Å². The van der Waals surface area contributed by atoms with Gasteiger partial charge in [-0.3, -0.25) is 0 Å². The summed E-state index contributed by atoms with van der Waals surface area (Å²) in [5.41, 5.74) is -1.68. The van der Waals surface area contributed by atoms with E-state index in [0.717, 1.165) is 17.8 Å². The second-order valence-corrected chi connectivity index (χ2v) is 8.22. The van der Waals surface area contributed by atoms with Gasteiger partial charge in [0, 0.05) is 5.41 Å². The number of halogens is 1. The molecule has 4 bridgehead atoms. The van der Waals surface area contributed by atoms with Crippen LogP contribution in [0.1, 0.15) is 59.3 Å². The number of hydrogen-bond acceptors (Lipinski definition) is 2. The first-order chi connectivity index (χ1) is 9.31. The Kier molecular flexibility index (Phi) is 3.38. The Hall–Kier alpha value is -0.600. The summed E-state index contributed by atoms with van der Waals surface area (Å²) in [5, 5.41) is 0. The number of hydrogen-bond donors (Lipinski definition) is 0. The van der Waals surface area contributed by atoms with Crippen LogP contribution in [0.25, 0.3) is 0 Å². The largest absolute Gasteiger partial charge is 0.463 e. The molecule has 0 aliphatic heterocycles. The monoisotopic (exact) mass is 282 g/mol. The summed E-state index contributed by atoms with van der Waals surface area (Å²) in [7, 11) is 0. The maximum absolute atomic E-state index is 14.3. The molecule has 4 aliphatic rings. The molecule has 1 unspecified atom stereocenters. The zero-order chi connectivity index (χ0) is 14.5. The fraction of sp³-hybridized carbons (Fsp3) is 0.941. The van der Waals surface area contributed by atoms with Crippen molar-refractivity contribution in [1.82, 2.24) is 0 Å². The van der Waals surface area contributed by atoms with Crippen molar-refractivity contribution in [3.8, 4) is 0 Å². The fourth-order valence-electron chi connectivity index (χ4n) is 5.06. The summed E-state index contributed by atoms with van der Waals surface area (Å²) in [4.78, 5) is 12.0. The van der Waals surface area contributed by atoms with Gasteiger partial charge in [-0.25, -0.2) is 9.18 Å². The van der Waals surface area contributed by atoms with Crippen molar-refractivity contribution in [3.05, 3.63) is 0 Å². The highest BCUT2D eigenvalue weighted by atomic mass is 19.1. The molecule has 0 amide bonds. The Balaban J connectivity index is 1.63. The van der Waals surface area contributed by atoms with E-state index in [2.05, 4.69) is 0 Å². The van der Waals surface area contributed by atoms with Gasteiger partial charge in [0.25, 0.3) is 0 Å². The van der Waals surface area contributed by atoms with Gasteiger partial charge in [0.05, 0.1) is 6.61 Å². The molecule has 4 aliphatic carbocycles. The van der Waals surface area contributed by atoms with E-state index in [1.54, 1.807) is 13.8 Å². The average Bonchev–Trinajstić information content (AvgIpc) is 2.34. The quantitative estimate of drug-likeness (QED) is 0.725. The molecule has 4 fully saturated rings. The molecule has 0 heterocycles. The number of esters is 1. The van der Waals surface area contributed by atoms with Crippen LogP contribution in [0.5, 0.6) is 0 Å². The summed E-state index contributed by atoms with van der Waals surface area (Å²) >= 11 is 0. The molecule has 0 radical (unpaired) electrons. The maximum atomic E-state index is 14.3. The highest BCUT2D eigenvalue weighted by Crippen LogP contribution is 2.60. The van der Waals surface area contributed by atoms with Crippen molar-refractivity contribution in [1.29, 1.82) is 0 Å². The molecule has 4 rings (SSSR count). The van der Waals surface area contributed by atoms with E-state index in [0.29, 0.717) is 6.61 Å². The SMILES string of the molecule is CC(C)C(C)(F)C(=O)OCC12CC3CC(CC(C3)C1)C2. The molecule has 0 aromatic carbocycles. The van der Waals surface area contributed by atoms with Gasteiger partial charge in [-0.15, -0.1) is 0 Å². The Morgan fingerprint density at radius 3 is 2.05 bits per heavy atom. The molecule has 0 aromatic rings. The second kappa shape index (κ2) is 4.71. The summed E-state index contributed by atoms with van der Waals surface area (Å²) in [6.45, 7) is 5.25. The molecule has 0 saturated heterocycles. The fourth-order valence-corrected chi connectivity index (χ4v) is 5.06. The van der Waals surface area contributed by atoms with Crippen LogP contribution in [0.2, 0.25) is 0 Å². The lowest BCUT2D eigenvalue weighted by molar-refractivity contribution is -0.170. The number of carbonyl (C=O) groups excluding carboxylic acids is 1. The van der Waals surface area contributed by atoms with E-state index in [1.807, 2.05) is 0 Å². The number of carbonyl (C=O) groups is 1. The lowest BCUT2D eigenvalue weighted by Crippen LogP contribution is -2.49. The van der Waals surface area contributed by atoms with Crippen LogP contribution in [0.3, 0.4) is 0 Å². The molecule has 2 nitrogen and oxygen atoms in total. The predicted molar refractivity (Wildman–Crippen MR) is 75.9 cm³/mol. The number of alkyl halides is 1. The maximum Gasteiger partial charge on any atom is 0.343 e. The van der Waals surface area contributed by atoms with E-state index in [9.17, 15) is 9.18 Å². The minimum atomic E-state index is -1.86. The summed E-state index contributed by atoms with van der Waals surface area (Å²) in [6.07, 6.45) is 7.70. The van der Waals surface area contributed by atoms with E-state index in [-0.39, 0.29) is 11.3 Å². The van der Waals surface area contributed by atoms with Crippen LogP contribution in [0.4, 0.5) is 4.39 Å². The second-order valence-electron chi connectivity index (χ2n) is 8.22. The van der Waals surface area contributed by atoms with Gasteiger partial charge in [0.2, 0.25) is 5.67 Å². The summed E-state index contributed by atoms with van der Waals surface area (Å²) in [6, 6.07) is 0. The van der Waals surface area contributed by atoms with Gasteiger partial charge in [-0.2, -0.15) is 0 Å². The molecular formula is C17H27FO2. The number of ether oxygens (including phenoxy) is 1. The van der Waals surface area contributed by atoms with Gasteiger partial charge >= 0.3 is 5.97 Å². The first-order valence-corrected chi connectivity index (χ1v) is 8.17. The van der Waals surface area contributed by atoms with Crippen LogP contribution < -0.4 is 0 Å². The van der Waals surface area contributed by atoms with E-state index in [1.165, 1.54) is 45.4 Å². The van der Waals surface area contributed by atoms with Crippen molar-refractivity contribution >= 4 is 5.97 Å². The molecule has 3 heteroatoms. The topological polar surface area (TPSA) is 26.3 Å². The van der Waals surface area contributed by atoms with Crippen molar-refractivity contribution in [2.75, 3.05) is 6.61 Å². The lowest BCUT2D eigenvalue weighted by atomic mass is 9.50. The first-order valence-electron chi connectivity index (χ1n) is 8.17. The molecule has 0 N–H and O–H groups in total. The zero-order valence-corrected chi connectivity index (χ0v) is 13.0. The highest BCUT2D eigenvalue weighted by molar-refractivity contribution is 5.79. The zero-order valence-electron chi connectivity index (χ0n) is 13.0. The minimum absolute atomic E-state index is 0.178. The third kappa shape index (κ3) is 2.37. The van der Waals surface area contributed by atoms with Crippen LogP contribution in [0.15, 0.2) is 0 Å². The average molecular weight is 282 g/mol. The molecular weight excluding hydrogens is 255 g/mol. The van der Waals surface area contributed by atoms with E-state index in [4.69, 9.17) is 4.74 Å². The molecule has 4 saturated carbocycles. The van der Waals surface area contributed by atoms with Gasteiger partial charge < -0.3 is 4.74 Å². The predicted octanol–water partition coefficient (Wildman–Crippen LogP) is 4.13. The molecule has 20 heavy (non-hydrogen) atoms. The summed E-state index contributed by atoms with van der Waals surface area (Å²) in [5.74, 6) is 1.50. The first kappa shape index (κ1) is 14.3. The Morgan fingerprint density at radius 2 is 1.65 bits per heavy atom. The van der Waals surface area contributed by atoms with Gasteiger partial charge in [-0.1, -0.05) is 13.8 Å². The third-order valence-electron chi connectivity index (χ3n) is 6.16. The van der Waals surface area contributed by atoms with Crippen LogP contribution >= 0.6 is 0 Å². The van der Waals surface area contributed by atoms with Gasteiger partial charge in [-0.05, 0) is 69.1 Å². The number of rotatable bonds is 4. The smallest absolute Gasteiger partial charge is 0.343 e. The third-order valence-corrected chi connectivity index (χ3v) is 6.16. The van der Waals surface area contributed by atoms with Gasteiger partial charge in [0.1, 0.15) is 0 Å². The molecule has 0 spiro atoms. The van der Waals surface area contributed by atoms with Crippen molar-refractivity contribution in [3.63, 3.8) is 0 Å². The molecule has 114 valence electrons. The van der Waals surface area contributed by atoms with E-state index >= 15 is 0 Å². The minimum Gasteiger partial charge on any atom is -0.463 e. The Morgan fingerprint density at radius 1 is 1.20 bits per heavy atom. The molecule has 1 atom stereocenters.